The second-order valence-corrected chi connectivity index (χ2v) is 7.91. The first-order chi connectivity index (χ1) is 13.7. The summed E-state index contributed by atoms with van der Waals surface area (Å²) in [6.07, 6.45) is 9.96. The molecular formula is C23H32N2O3. The normalized spacial score (nSPS) is 18.6. The van der Waals surface area contributed by atoms with Gasteiger partial charge in [-0.1, -0.05) is 44.0 Å². The number of ether oxygens (including phenoxy) is 1. The minimum atomic E-state index is -0.238. The molecule has 5 heteroatoms. The summed E-state index contributed by atoms with van der Waals surface area (Å²) in [6.45, 7) is 6.11. The lowest BCUT2D eigenvalue weighted by Gasteiger charge is -2.33. The average molecular weight is 385 g/mol. The quantitative estimate of drug-likeness (QED) is 0.730. The predicted molar refractivity (Wildman–Crippen MR) is 110 cm³/mol. The van der Waals surface area contributed by atoms with Crippen LogP contribution in [-0.2, 0) is 16.1 Å². The number of nitrogens with zero attached hydrogens (tertiary/aromatic N) is 1. The lowest BCUT2D eigenvalue weighted by atomic mass is 9.90. The molecule has 3 rings (SSSR count). The molecule has 1 saturated carbocycles. The van der Waals surface area contributed by atoms with Crippen molar-refractivity contribution in [2.24, 2.45) is 5.92 Å². The van der Waals surface area contributed by atoms with Crippen LogP contribution in [-0.4, -0.2) is 42.5 Å². The molecular weight excluding hydrogens is 352 g/mol. The molecule has 1 aliphatic heterocycles. The predicted octanol–water partition coefficient (Wildman–Crippen LogP) is 3.69. The molecule has 0 radical (unpaired) electrons. The van der Waals surface area contributed by atoms with E-state index in [4.69, 9.17) is 4.74 Å². The van der Waals surface area contributed by atoms with Gasteiger partial charge >= 0.3 is 0 Å². The van der Waals surface area contributed by atoms with Crippen molar-refractivity contribution < 1.29 is 14.3 Å². The van der Waals surface area contributed by atoms with Crippen LogP contribution >= 0.6 is 0 Å². The van der Waals surface area contributed by atoms with Gasteiger partial charge in [0.05, 0.1) is 6.10 Å². The van der Waals surface area contributed by atoms with E-state index in [1.807, 2.05) is 29.2 Å². The Kier molecular flexibility index (Phi) is 7.66. The topological polar surface area (TPSA) is 58.6 Å². The van der Waals surface area contributed by atoms with Gasteiger partial charge in [-0.15, -0.1) is 0 Å². The first-order valence-electron chi connectivity index (χ1n) is 10.6. The Morgan fingerprint density at radius 3 is 2.54 bits per heavy atom. The maximum Gasteiger partial charge on any atom is 0.254 e. The second kappa shape index (κ2) is 10.4. The van der Waals surface area contributed by atoms with Crippen molar-refractivity contribution in [3.8, 4) is 0 Å². The van der Waals surface area contributed by atoms with E-state index in [2.05, 4.69) is 11.9 Å². The molecule has 152 valence electrons. The van der Waals surface area contributed by atoms with Crippen LogP contribution in [0, 0.1) is 5.92 Å². The largest absolute Gasteiger partial charge is 0.378 e. The van der Waals surface area contributed by atoms with E-state index in [0.29, 0.717) is 12.1 Å². The second-order valence-electron chi connectivity index (χ2n) is 7.91. The molecule has 0 spiro atoms. The lowest BCUT2D eigenvalue weighted by Crippen LogP contribution is -2.41. The molecule has 0 atom stereocenters. The molecule has 2 fully saturated rings. The van der Waals surface area contributed by atoms with E-state index in [0.717, 1.165) is 44.0 Å². The summed E-state index contributed by atoms with van der Waals surface area (Å²) in [5, 5.41) is 2.75. The Bertz CT molecular complexity index is 674. The standard InChI is InChI=1S/C23H32N2O3/c1-2-22(26)24-16-19-10-6-7-11-21(19)23(27)25-14-12-20(13-15-25)28-17-18-8-4-3-5-9-18/h2,6-7,10-11,18,20H,1,3-5,8-9,12-17H2,(H,24,26). The fourth-order valence-corrected chi connectivity index (χ4v) is 4.16. The van der Waals surface area contributed by atoms with Crippen molar-refractivity contribution in [1.29, 1.82) is 0 Å². The highest BCUT2D eigenvalue weighted by Gasteiger charge is 2.26. The fourth-order valence-electron chi connectivity index (χ4n) is 4.16. The van der Waals surface area contributed by atoms with Crippen molar-refractivity contribution in [1.82, 2.24) is 10.2 Å². The molecule has 1 aromatic carbocycles. The lowest BCUT2D eigenvalue weighted by molar-refractivity contribution is -0.116. The molecule has 0 unspecified atom stereocenters. The summed E-state index contributed by atoms with van der Waals surface area (Å²) in [5.74, 6) is 0.526. The molecule has 1 aliphatic carbocycles. The summed E-state index contributed by atoms with van der Waals surface area (Å²) < 4.78 is 6.16. The molecule has 1 N–H and O–H groups in total. The van der Waals surface area contributed by atoms with Crippen molar-refractivity contribution in [2.75, 3.05) is 19.7 Å². The number of carbonyl (C=O) groups excluding carboxylic acids is 2. The zero-order chi connectivity index (χ0) is 19.8. The summed E-state index contributed by atoms with van der Waals surface area (Å²) in [6, 6.07) is 7.48. The van der Waals surface area contributed by atoms with Gasteiger partial charge in [-0.05, 0) is 49.3 Å². The Morgan fingerprint density at radius 1 is 1.11 bits per heavy atom. The molecule has 2 amide bonds. The van der Waals surface area contributed by atoms with Crippen LogP contribution < -0.4 is 5.32 Å². The Balaban J connectivity index is 1.49. The number of hydrogen-bond donors (Lipinski definition) is 1. The van der Waals surface area contributed by atoms with E-state index < -0.39 is 0 Å². The molecule has 1 heterocycles. The number of carbonyl (C=O) groups is 2. The number of hydrogen-bond acceptors (Lipinski definition) is 3. The highest BCUT2D eigenvalue weighted by atomic mass is 16.5. The maximum absolute atomic E-state index is 13.0. The number of amides is 2. The third kappa shape index (κ3) is 5.68. The smallest absolute Gasteiger partial charge is 0.254 e. The average Bonchev–Trinajstić information content (AvgIpc) is 2.77. The van der Waals surface area contributed by atoms with E-state index in [-0.39, 0.29) is 17.9 Å². The Morgan fingerprint density at radius 2 is 1.82 bits per heavy atom. The van der Waals surface area contributed by atoms with Gasteiger partial charge in [-0.2, -0.15) is 0 Å². The van der Waals surface area contributed by atoms with Crippen LogP contribution in [0.5, 0.6) is 0 Å². The van der Waals surface area contributed by atoms with Crippen LogP contribution in [0.25, 0.3) is 0 Å². The van der Waals surface area contributed by atoms with E-state index in [1.54, 1.807) is 0 Å². The summed E-state index contributed by atoms with van der Waals surface area (Å²) in [7, 11) is 0. The SMILES string of the molecule is C=CC(=O)NCc1ccccc1C(=O)N1CCC(OCC2CCCCC2)CC1. The summed E-state index contributed by atoms with van der Waals surface area (Å²) in [5.41, 5.74) is 1.49. The zero-order valence-corrected chi connectivity index (χ0v) is 16.7. The highest BCUT2D eigenvalue weighted by Crippen LogP contribution is 2.25. The number of rotatable bonds is 7. The Labute approximate surface area is 168 Å². The van der Waals surface area contributed by atoms with Crippen molar-refractivity contribution >= 4 is 11.8 Å². The van der Waals surface area contributed by atoms with Crippen LogP contribution in [0.4, 0.5) is 0 Å². The van der Waals surface area contributed by atoms with Crippen LogP contribution in [0.1, 0.15) is 60.9 Å². The summed E-state index contributed by atoms with van der Waals surface area (Å²) >= 11 is 0. The van der Waals surface area contributed by atoms with Crippen LogP contribution in [0.15, 0.2) is 36.9 Å². The minimum Gasteiger partial charge on any atom is -0.378 e. The Hall–Kier alpha value is -2.14. The van der Waals surface area contributed by atoms with Crippen molar-refractivity contribution in [3.05, 3.63) is 48.0 Å². The van der Waals surface area contributed by atoms with Gasteiger partial charge in [-0.3, -0.25) is 9.59 Å². The number of benzene rings is 1. The first-order valence-corrected chi connectivity index (χ1v) is 10.6. The minimum absolute atomic E-state index is 0.0363. The van der Waals surface area contributed by atoms with Gasteiger partial charge in [0.2, 0.25) is 5.91 Å². The van der Waals surface area contributed by atoms with E-state index in [1.165, 1.54) is 38.2 Å². The van der Waals surface area contributed by atoms with Gasteiger partial charge in [0.25, 0.3) is 5.91 Å². The van der Waals surface area contributed by atoms with Gasteiger partial charge in [0.1, 0.15) is 0 Å². The maximum atomic E-state index is 13.0. The van der Waals surface area contributed by atoms with Gasteiger partial charge in [0, 0.05) is 31.8 Å². The molecule has 1 saturated heterocycles. The van der Waals surface area contributed by atoms with Crippen molar-refractivity contribution in [3.63, 3.8) is 0 Å². The zero-order valence-electron chi connectivity index (χ0n) is 16.7. The van der Waals surface area contributed by atoms with E-state index in [9.17, 15) is 9.59 Å². The van der Waals surface area contributed by atoms with Gasteiger partial charge in [-0.25, -0.2) is 0 Å². The number of piperidine rings is 1. The summed E-state index contributed by atoms with van der Waals surface area (Å²) in [4.78, 5) is 26.4. The molecule has 0 bridgehead atoms. The van der Waals surface area contributed by atoms with Crippen LogP contribution in [0.2, 0.25) is 0 Å². The molecule has 2 aliphatic rings. The van der Waals surface area contributed by atoms with Crippen molar-refractivity contribution in [2.45, 2.75) is 57.6 Å². The first kappa shape index (κ1) is 20.6. The fraction of sp³-hybridized carbons (Fsp3) is 0.565. The van der Waals surface area contributed by atoms with Gasteiger partial charge < -0.3 is 15.0 Å². The number of nitrogens with one attached hydrogen (secondary N) is 1. The third-order valence-electron chi connectivity index (χ3n) is 5.91. The van der Waals surface area contributed by atoms with E-state index >= 15 is 0 Å². The monoisotopic (exact) mass is 384 g/mol. The molecule has 0 aromatic heterocycles. The molecule has 5 nitrogen and oxygen atoms in total. The third-order valence-corrected chi connectivity index (χ3v) is 5.91. The van der Waals surface area contributed by atoms with Crippen LogP contribution in [0.3, 0.4) is 0 Å². The van der Waals surface area contributed by atoms with Gasteiger partial charge in [0.15, 0.2) is 0 Å². The highest BCUT2D eigenvalue weighted by molar-refractivity contribution is 5.96. The molecule has 1 aromatic rings. The number of likely N-dealkylation sites (tertiary alicyclic amines) is 1. The molecule has 28 heavy (non-hydrogen) atoms.